The summed E-state index contributed by atoms with van der Waals surface area (Å²) in [5.74, 6) is -0.391. The number of carbonyl (C=O) groups is 3. The van der Waals surface area contributed by atoms with Gasteiger partial charge in [-0.25, -0.2) is 19.6 Å². The Morgan fingerprint density at radius 2 is 2.02 bits per heavy atom. The maximum absolute atomic E-state index is 12.7. The summed E-state index contributed by atoms with van der Waals surface area (Å²) in [6.45, 7) is -0.176. The van der Waals surface area contributed by atoms with Crippen molar-refractivity contribution in [2.24, 2.45) is 27.8 Å². The maximum atomic E-state index is 12.7. The number of benzene rings is 1. The van der Waals surface area contributed by atoms with Crippen LogP contribution in [0.25, 0.3) is 0 Å². The fraction of sp³-hybridized carbons (Fsp3) is 0.429. The highest BCUT2D eigenvalue weighted by molar-refractivity contribution is 5.91. The number of hydrogen-bond donors (Lipinski definition) is 3. The first-order valence-electron chi connectivity index (χ1n) is 13.2. The van der Waals surface area contributed by atoms with Crippen molar-refractivity contribution in [1.29, 1.82) is 5.26 Å². The number of ether oxygens (including phenoxy) is 2. The van der Waals surface area contributed by atoms with Gasteiger partial charge < -0.3 is 26.3 Å². The van der Waals surface area contributed by atoms with Crippen molar-refractivity contribution in [2.45, 2.75) is 56.7 Å². The van der Waals surface area contributed by atoms with Gasteiger partial charge in [0.1, 0.15) is 24.0 Å². The summed E-state index contributed by atoms with van der Waals surface area (Å²) in [7, 11) is 0. The lowest BCUT2D eigenvalue weighted by molar-refractivity contribution is -0.139. The minimum atomic E-state index is -0.927. The second kappa shape index (κ2) is 10.8. The van der Waals surface area contributed by atoms with Gasteiger partial charge >= 0.3 is 12.1 Å². The van der Waals surface area contributed by atoms with E-state index in [9.17, 15) is 19.6 Å². The average molecular weight is 546 g/mol. The number of nitrogens with two attached hydrogens (primary N) is 2. The number of carbonyl (C=O) groups excluding carboxylic acids is 3. The SMILES string of the molecule is N#CC12CCC(C1)CC2(N=C(N)N)c1ccc(NC(=O)CCC2C(=O)OCN2C(=O)OCc2ccccc2)nc1. The molecule has 4 unspecified atom stereocenters. The van der Waals surface area contributed by atoms with Crippen molar-refractivity contribution in [2.75, 3.05) is 12.0 Å². The number of hydrogen-bond acceptors (Lipinski definition) is 8. The zero-order valence-corrected chi connectivity index (χ0v) is 21.9. The molecule has 2 heterocycles. The van der Waals surface area contributed by atoms with Crippen LogP contribution in [0.3, 0.4) is 0 Å². The molecule has 40 heavy (non-hydrogen) atoms. The normalized spacial score (nSPS) is 26.6. The zero-order chi connectivity index (χ0) is 28.3. The van der Waals surface area contributed by atoms with E-state index in [2.05, 4.69) is 21.4 Å². The second-order valence-corrected chi connectivity index (χ2v) is 10.5. The van der Waals surface area contributed by atoms with Gasteiger partial charge in [-0.05, 0) is 55.2 Å². The summed E-state index contributed by atoms with van der Waals surface area (Å²) in [6, 6.07) is 14.2. The first-order valence-corrected chi connectivity index (χ1v) is 13.2. The maximum Gasteiger partial charge on any atom is 0.413 e. The van der Waals surface area contributed by atoms with E-state index in [0.717, 1.165) is 24.0 Å². The predicted octanol–water partition coefficient (Wildman–Crippen LogP) is 2.50. The molecular weight excluding hydrogens is 514 g/mol. The Labute approximate surface area is 231 Å². The molecule has 3 fully saturated rings. The van der Waals surface area contributed by atoms with Crippen LogP contribution in [-0.2, 0) is 31.2 Å². The molecule has 1 aliphatic heterocycles. The topological polar surface area (TPSA) is 186 Å². The number of nitrogens with one attached hydrogen (secondary N) is 1. The van der Waals surface area contributed by atoms with Crippen LogP contribution in [0.2, 0.25) is 0 Å². The van der Waals surface area contributed by atoms with Crippen LogP contribution in [0.15, 0.2) is 53.7 Å². The number of amides is 2. The second-order valence-electron chi connectivity index (χ2n) is 10.5. The van der Waals surface area contributed by atoms with Gasteiger partial charge in [0.2, 0.25) is 5.91 Å². The highest BCUT2D eigenvalue weighted by Gasteiger charge is 2.63. The van der Waals surface area contributed by atoms with Gasteiger partial charge in [0.05, 0.1) is 11.5 Å². The standard InChI is InChI=1S/C28H31N7O5/c29-16-27-11-10-19(12-27)13-28(27,34-25(30)31)20-6-8-22(32-14-20)33-23(36)9-7-21-24(37)40-17-35(21)26(38)39-15-18-4-2-1-3-5-18/h1-6,8,14,19,21H,7,9-13,15,17H2,(H4,30,31,34)(H,32,33,36). The number of anilines is 1. The molecule has 2 aromatic rings. The van der Waals surface area contributed by atoms with Crippen LogP contribution in [0.1, 0.15) is 49.7 Å². The molecule has 1 aromatic carbocycles. The van der Waals surface area contributed by atoms with E-state index >= 15 is 0 Å². The highest BCUT2D eigenvalue weighted by atomic mass is 16.6. The lowest BCUT2D eigenvalue weighted by Crippen LogP contribution is -2.43. The number of aliphatic imine (C=N–C) groups is 1. The lowest BCUT2D eigenvalue weighted by Gasteiger charge is -2.39. The fourth-order valence-electron chi connectivity index (χ4n) is 6.22. The van der Waals surface area contributed by atoms with Gasteiger partial charge in [-0.2, -0.15) is 5.26 Å². The number of rotatable bonds is 8. The van der Waals surface area contributed by atoms with E-state index in [4.69, 9.17) is 20.9 Å². The number of nitrogens with zero attached hydrogens (tertiary/aromatic N) is 4. The zero-order valence-electron chi connectivity index (χ0n) is 21.9. The molecule has 0 radical (unpaired) electrons. The molecular formula is C28H31N7O5. The van der Waals surface area contributed by atoms with E-state index in [1.807, 2.05) is 30.3 Å². The first-order chi connectivity index (χ1) is 19.2. The van der Waals surface area contributed by atoms with E-state index in [1.165, 1.54) is 4.90 Å². The minimum absolute atomic E-state index is 0.0528. The van der Waals surface area contributed by atoms with Crippen LogP contribution >= 0.6 is 0 Å². The monoisotopic (exact) mass is 545 g/mol. The molecule has 5 rings (SSSR count). The Morgan fingerprint density at radius 3 is 2.70 bits per heavy atom. The van der Waals surface area contributed by atoms with Gasteiger partial charge in [-0.1, -0.05) is 36.4 Å². The largest absolute Gasteiger partial charge is 0.444 e. The van der Waals surface area contributed by atoms with E-state index < -0.39 is 29.1 Å². The molecule has 0 spiro atoms. The number of cyclic esters (lactones) is 1. The van der Waals surface area contributed by atoms with Crippen LogP contribution in [0.5, 0.6) is 0 Å². The molecule has 12 heteroatoms. The molecule has 12 nitrogen and oxygen atoms in total. The molecule has 208 valence electrons. The summed E-state index contributed by atoms with van der Waals surface area (Å²) in [4.78, 5) is 47.6. The Balaban J connectivity index is 1.19. The Morgan fingerprint density at radius 1 is 1.23 bits per heavy atom. The third-order valence-corrected chi connectivity index (χ3v) is 8.11. The van der Waals surface area contributed by atoms with Crippen molar-refractivity contribution in [1.82, 2.24) is 9.88 Å². The number of aromatic nitrogens is 1. The van der Waals surface area contributed by atoms with Crippen LogP contribution in [0, 0.1) is 22.7 Å². The Bertz CT molecular complexity index is 1360. The molecule has 2 saturated carbocycles. The smallest absolute Gasteiger partial charge is 0.413 e. The first kappa shape index (κ1) is 26.9. The number of guanidine groups is 1. The van der Waals surface area contributed by atoms with Crippen LogP contribution < -0.4 is 16.8 Å². The fourth-order valence-corrected chi connectivity index (χ4v) is 6.22. The van der Waals surface area contributed by atoms with Crippen molar-refractivity contribution in [3.8, 4) is 6.07 Å². The van der Waals surface area contributed by atoms with Gasteiger partial charge in [0.15, 0.2) is 12.7 Å². The molecule has 1 aromatic heterocycles. The number of pyridine rings is 1. The van der Waals surface area contributed by atoms with Crippen molar-refractivity contribution >= 4 is 29.7 Å². The quantitative estimate of drug-likeness (QED) is 0.254. The van der Waals surface area contributed by atoms with Crippen molar-refractivity contribution in [3.05, 3.63) is 59.8 Å². The summed E-state index contributed by atoms with van der Waals surface area (Å²) in [5.41, 5.74) is 11.5. The highest BCUT2D eigenvalue weighted by Crippen LogP contribution is 2.65. The van der Waals surface area contributed by atoms with Crippen LogP contribution in [-0.4, -0.2) is 46.6 Å². The van der Waals surface area contributed by atoms with Gasteiger partial charge in [-0.3, -0.25) is 9.69 Å². The summed E-state index contributed by atoms with van der Waals surface area (Å²) in [6.07, 6.45) is 3.99. The Kier molecular flexibility index (Phi) is 7.30. The molecule has 2 bridgehead atoms. The van der Waals surface area contributed by atoms with Gasteiger partial charge in [0, 0.05) is 12.6 Å². The molecule has 2 aliphatic carbocycles. The van der Waals surface area contributed by atoms with Crippen LogP contribution in [0.4, 0.5) is 10.6 Å². The van der Waals surface area contributed by atoms with Gasteiger partial charge in [-0.15, -0.1) is 0 Å². The third-order valence-electron chi connectivity index (χ3n) is 8.11. The molecule has 4 atom stereocenters. The van der Waals surface area contributed by atoms with E-state index in [0.29, 0.717) is 24.6 Å². The molecule has 2 amide bonds. The van der Waals surface area contributed by atoms with Crippen molar-refractivity contribution < 1.29 is 23.9 Å². The number of nitriles is 1. The summed E-state index contributed by atoms with van der Waals surface area (Å²) in [5, 5.41) is 12.8. The van der Waals surface area contributed by atoms with E-state index in [-0.39, 0.29) is 38.0 Å². The Hall–Kier alpha value is -4.66. The summed E-state index contributed by atoms with van der Waals surface area (Å²) < 4.78 is 10.3. The molecule has 1 saturated heterocycles. The number of fused-ring (bicyclic) bond motifs is 2. The number of esters is 1. The third kappa shape index (κ3) is 5.02. The molecule has 3 aliphatic rings. The molecule has 5 N–H and O–H groups in total. The van der Waals surface area contributed by atoms with Crippen molar-refractivity contribution in [3.63, 3.8) is 0 Å². The summed E-state index contributed by atoms with van der Waals surface area (Å²) >= 11 is 0. The minimum Gasteiger partial charge on any atom is -0.444 e. The van der Waals surface area contributed by atoms with Gasteiger partial charge in [0.25, 0.3) is 0 Å². The lowest BCUT2D eigenvalue weighted by atomic mass is 9.66. The average Bonchev–Trinajstić information content (AvgIpc) is 3.63. The predicted molar refractivity (Wildman–Crippen MR) is 143 cm³/mol. The van der Waals surface area contributed by atoms with E-state index in [1.54, 1.807) is 18.3 Å².